The molecule has 0 atom stereocenters. The monoisotopic (exact) mass is 158 g/mol. The van der Waals surface area contributed by atoms with Crippen LogP contribution in [0.4, 0.5) is 0 Å². The maximum absolute atomic E-state index is 10.7. The van der Waals surface area contributed by atoms with Crippen LogP contribution in [-0.4, -0.2) is 25.8 Å². The first-order valence-electron chi connectivity index (χ1n) is 3.45. The third kappa shape index (κ3) is 4.56. The predicted octanol–water partition coefficient (Wildman–Crippen LogP) is 1.14. The van der Waals surface area contributed by atoms with Crippen molar-refractivity contribution in [3.05, 3.63) is 12.2 Å². The Labute approximate surface area is 67.0 Å². The van der Waals surface area contributed by atoms with Gasteiger partial charge in [-0.2, -0.15) is 0 Å². The molecular weight excluding hydrogens is 144 g/mol. The van der Waals surface area contributed by atoms with E-state index >= 15 is 0 Å². The fourth-order valence-corrected chi connectivity index (χ4v) is 0.471. The summed E-state index contributed by atoms with van der Waals surface area (Å²) in [6, 6.07) is 0. The summed E-state index contributed by atoms with van der Waals surface area (Å²) in [6.45, 7) is 7.53. The molecule has 0 bridgehead atoms. The highest BCUT2D eigenvalue weighted by molar-refractivity contribution is 5.87. The fraction of sp³-hybridized carbons (Fsp3) is 0.625. The minimum atomic E-state index is -0.411. The summed E-state index contributed by atoms with van der Waals surface area (Å²) in [5.41, 5.74) is 0.348. The van der Waals surface area contributed by atoms with E-state index < -0.39 is 5.97 Å². The van der Waals surface area contributed by atoms with Crippen molar-refractivity contribution in [2.75, 3.05) is 13.7 Å². The van der Waals surface area contributed by atoms with Crippen LogP contribution in [0.15, 0.2) is 12.2 Å². The molecule has 3 nitrogen and oxygen atoms in total. The number of rotatable bonds is 4. The second-order valence-corrected chi connectivity index (χ2v) is 2.45. The molecule has 0 fully saturated rings. The highest BCUT2D eigenvalue weighted by Crippen LogP contribution is 1.97. The highest BCUT2D eigenvalue weighted by Gasteiger charge is 2.06. The summed E-state index contributed by atoms with van der Waals surface area (Å²) >= 11 is 0. The van der Waals surface area contributed by atoms with Crippen LogP contribution in [0, 0.1) is 0 Å². The van der Waals surface area contributed by atoms with Crippen molar-refractivity contribution in [2.45, 2.75) is 20.0 Å². The summed E-state index contributed by atoms with van der Waals surface area (Å²) in [7, 11) is 1.32. The van der Waals surface area contributed by atoms with Gasteiger partial charge in [-0.25, -0.2) is 4.79 Å². The summed E-state index contributed by atoms with van der Waals surface area (Å²) < 4.78 is 9.55. The Morgan fingerprint density at radius 1 is 1.55 bits per heavy atom. The second kappa shape index (κ2) is 4.91. The van der Waals surface area contributed by atoms with Crippen molar-refractivity contribution in [3.63, 3.8) is 0 Å². The van der Waals surface area contributed by atoms with Gasteiger partial charge in [0.25, 0.3) is 0 Å². The SMILES string of the molecule is C=C(COC(C)C)C(=O)OC. The molecule has 0 aromatic carbocycles. The lowest BCUT2D eigenvalue weighted by molar-refractivity contribution is -0.136. The smallest absolute Gasteiger partial charge is 0.335 e. The van der Waals surface area contributed by atoms with Gasteiger partial charge in [0, 0.05) is 0 Å². The lowest BCUT2D eigenvalue weighted by Gasteiger charge is -2.07. The van der Waals surface area contributed by atoms with E-state index in [0.29, 0.717) is 5.57 Å². The second-order valence-electron chi connectivity index (χ2n) is 2.45. The van der Waals surface area contributed by atoms with Crippen molar-refractivity contribution in [1.29, 1.82) is 0 Å². The van der Waals surface area contributed by atoms with Gasteiger partial charge in [0.1, 0.15) is 0 Å². The van der Waals surface area contributed by atoms with Gasteiger partial charge in [-0.05, 0) is 13.8 Å². The Morgan fingerprint density at radius 2 is 2.09 bits per heavy atom. The lowest BCUT2D eigenvalue weighted by Crippen LogP contribution is -2.12. The standard InChI is InChI=1S/C8H14O3/c1-6(2)11-5-7(3)8(9)10-4/h6H,3,5H2,1-2,4H3. The maximum atomic E-state index is 10.7. The van der Waals surface area contributed by atoms with E-state index in [1.54, 1.807) is 0 Å². The van der Waals surface area contributed by atoms with Crippen LogP contribution >= 0.6 is 0 Å². The molecule has 0 saturated carbocycles. The number of ether oxygens (including phenoxy) is 2. The lowest BCUT2D eigenvalue weighted by atomic mass is 10.3. The van der Waals surface area contributed by atoms with Gasteiger partial charge in [0.2, 0.25) is 0 Å². The molecule has 0 unspecified atom stereocenters. The molecule has 0 aliphatic carbocycles. The van der Waals surface area contributed by atoms with E-state index in [4.69, 9.17) is 4.74 Å². The number of hydrogen-bond donors (Lipinski definition) is 0. The van der Waals surface area contributed by atoms with E-state index in [2.05, 4.69) is 11.3 Å². The van der Waals surface area contributed by atoms with Crippen LogP contribution < -0.4 is 0 Å². The molecule has 11 heavy (non-hydrogen) atoms. The zero-order chi connectivity index (χ0) is 8.85. The average molecular weight is 158 g/mol. The van der Waals surface area contributed by atoms with Crippen molar-refractivity contribution >= 4 is 5.97 Å². The van der Waals surface area contributed by atoms with Gasteiger partial charge in [-0.1, -0.05) is 6.58 Å². The van der Waals surface area contributed by atoms with Crippen LogP contribution in [0.1, 0.15) is 13.8 Å². The zero-order valence-electron chi connectivity index (χ0n) is 7.22. The number of carbonyl (C=O) groups excluding carboxylic acids is 1. The summed E-state index contributed by atoms with van der Waals surface area (Å²) in [6.07, 6.45) is 0.108. The van der Waals surface area contributed by atoms with Gasteiger partial charge < -0.3 is 9.47 Å². The molecule has 0 N–H and O–H groups in total. The molecule has 0 rings (SSSR count). The Hall–Kier alpha value is -0.830. The maximum Gasteiger partial charge on any atom is 0.335 e. The van der Waals surface area contributed by atoms with E-state index in [1.807, 2.05) is 13.8 Å². The minimum absolute atomic E-state index is 0.108. The number of esters is 1. The molecular formula is C8H14O3. The van der Waals surface area contributed by atoms with E-state index in [1.165, 1.54) is 7.11 Å². The molecule has 0 aliphatic rings. The van der Waals surface area contributed by atoms with Crippen LogP contribution in [0.2, 0.25) is 0 Å². The predicted molar refractivity (Wildman–Crippen MR) is 42.2 cm³/mol. The normalized spacial score (nSPS) is 9.82. The summed E-state index contributed by atoms with van der Waals surface area (Å²) in [5.74, 6) is -0.411. The average Bonchev–Trinajstić information content (AvgIpc) is 1.98. The molecule has 0 spiro atoms. The molecule has 0 saturated heterocycles. The van der Waals surface area contributed by atoms with Crippen LogP contribution in [0.3, 0.4) is 0 Å². The van der Waals surface area contributed by atoms with Crippen molar-refractivity contribution < 1.29 is 14.3 Å². The fourth-order valence-electron chi connectivity index (χ4n) is 0.471. The van der Waals surface area contributed by atoms with Gasteiger partial charge >= 0.3 is 5.97 Å². The number of carbonyl (C=O) groups is 1. The first-order valence-corrected chi connectivity index (χ1v) is 3.45. The van der Waals surface area contributed by atoms with E-state index in [9.17, 15) is 4.79 Å². The molecule has 0 amide bonds. The topological polar surface area (TPSA) is 35.5 Å². The van der Waals surface area contributed by atoms with Crippen molar-refractivity contribution in [2.24, 2.45) is 0 Å². The summed E-state index contributed by atoms with van der Waals surface area (Å²) in [5, 5.41) is 0. The molecule has 0 aromatic heterocycles. The first kappa shape index (κ1) is 10.2. The largest absolute Gasteiger partial charge is 0.466 e. The quantitative estimate of drug-likeness (QED) is 0.454. The minimum Gasteiger partial charge on any atom is -0.466 e. The number of hydrogen-bond acceptors (Lipinski definition) is 3. The van der Waals surface area contributed by atoms with Crippen LogP contribution in [0.5, 0.6) is 0 Å². The van der Waals surface area contributed by atoms with Crippen LogP contribution in [-0.2, 0) is 14.3 Å². The summed E-state index contributed by atoms with van der Waals surface area (Å²) in [4.78, 5) is 10.7. The number of methoxy groups -OCH3 is 1. The van der Waals surface area contributed by atoms with E-state index in [0.717, 1.165) is 0 Å². The first-order chi connectivity index (χ1) is 5.07. The van der Waals surface area contributed by atoms with E-state index in [-0.39, 0.29) is 12.7 Å². The van der Waals surface area contributed by atoms with Gasteiger partial charge in [-0.3, -0.25) is 0 Å². The van der Waals surface area contributed by atoms with Crippen molar-refractivity contribution in [3.8, 4) is 0 Å². The zero-order valence-corrected chi connectivity index (χ0v) is 7.22. The van der Waals surface area contributed by atoms with Gasteiger partial charge in [-0.15, -0.1) is 0 Å². The Morgan fingerprint density at radius 3 is 2.45 bits per heavy atom. The molecule has 0 aliphatic heterocycles. The molecule has 0 heterocycles. The molecule has 0 radical (unpaired) electrons. The Bertz CT molecular complexity index is 149. The third-order valence-electron chi connectivity index (χ3n) is 1.06. The molecule has 64 valence electrons. The highest BCUT2D eigenvalue weighted by atomic mass is 16.5. The van der Waals surface area contributed by atoms with Gasteiger partial charge in [0.15, 0.2) is 0 Å². The molecule has 0 aromatic rings. The Kier molecular flexibility index (Phi) is 4.54. The van der Waals surface area contributed by atoms with Crippen molar-refractivity contribution in [1.82, 2.24) is 0 Å². The van der Waals surface area contributed by atoms with Gasteiger partial charge in [0.05, 0.1) is 25.4 Å². The third-order valence-corrected chi connectivity index (χ3v) is 1.06. The molecule has 3 heteroatoms. The Balaban J connectivity index is 3.61. The van der Waals surface area contributed by atoms with Crippen LogP contribution in [0.25, 0.3) is 0 Å².